The van der Waals surface area contributed by atoms with Crippen molar-refractivity contribution in [2.75, 3.05) is 13.2 Å². The number of hydrogen-bond donors (Lipinski definition) is 1. The molecule has 1 aromatic carbocycles. The summed E-state index contributed by atoms with van der Waals surface area (Å²) in [7, 11) is 0. The third-order valence-electron chi connectivity index (χ3n) is 4.98. The lowest BCUT2D eigenvalue weighted by atomic mass is 10.0. The van der Waals surface area contributed by atoms with Gasteiger partial charge in [0.1, 0.15) is 18.3 Å². The number of alkyl halides is 3. The van der Waals surface area contributed by atoms with Crippen molar-refractivity contribution in [3.05, 3.63) is 29.7 Å². The van der Waals surface area contributed by atoms with Gasteiger partial charge in [-0.05, 0) is 19.4 Å². The van der Waals surface area contributed by atoms with Crippen molar-refractivity contribution in [2.45, 2.75) is 32.1 Å². The molecule has 0 radical (unpaired) electrons. The molecule has 0 saturated carbocycles. The molecule has 4 rings (SSSR count). The summed E-state index contributed by atoms with van der Waals surface area (Å²) in [5, 5.41) is 6.03. The van der Waals surface area contributed by atoms with Gasteiger partial charge in [0.15, 0.2) is 0 Å². The summed E-state index contributed by atoms with van der Waals surface area (Å²) >= 11 is 0. The lowest BCUT2D eigenvalue weighted by Gasteiger charge is -2.28. The Balaban J connectivity index is 1.59. The van der Waals surface area contributed by atoms with Gasteiger partial charge in [-0.1, -0.05) is 17.3 Å². The van der Waals surface area contributed by atoms with Gasteiger partial charge in [0.25, 0.3) is 0 Å². The summed E-state index contributed by atoms with van der Waals surface area (Å²) in [4.78, 5) is 29.7. The first-order valence-corrected chi connectivity index (χ1v) is 8.99. The van der Waals surface area contributed by atoms with Crippen molar-refractivity contribution < 1.29 is 32.0 Å². The molecule has 1 aromatic heterocycles. The number of rotatable bonds is 2. The van der Waals surface area contributed by atoms with Crippen LogP contribution in [-0.2, 0) is 22.3 Å². The van der Waals surface area contributed by atoms with E-state index < -0.39 is 18.0 Å². The van der Waals surface area contributed by atoms with Gasteiger partial charge in [0.05, 0.1) is 6.04 Å². The molecule has 154 valence electrons. The van der Waals surface area contributed by atoms with E-state index in [1.54, 1.807) is 11.0 Å². The van der Waals surface area contributed by atoms with E-state index >= 15 is 0 Å². The number of fused-ring (bicyclic) bond motifs is 1. The molecule has 0 spiro atoms. The molecular formula is C18H17F3N4O4. The SMILES string of the molecule is C[C@H]1COc2cc(-c3noc(C(F)(F)F)n3)ccc2CN1C(=O)[C@H]1CCNC1=O. The summed E-state index contributed by atoms with van der Waals surface area (Å²) in [5.41, 5.74) is 0.968. The Morgan fingerprint density at radius 2 is 2.14 bits per heavy atom. The molecule has 0 aliphatic carbocycles. The minimum absolute atomic E-state index is 0.177. The van der Waals surface area contributed by atoms with E-state index in [2.05, 4.69) is 20.0 Å². The quantitative estimate of drug-likeness (QED) is 0.761. The highest BCUT2D eigenvalue weighted by atomic mass is 19.4. The molecule has 2 aromatic rings. The van der Waals surface area contributed by atoms with E-state index in [1.165, 1.54) is 12.1 Å². The Bertz CT molecular complexity index is 959. The lowest BCUT2D eigenvalue weighted by Crippen LogP contribution is -2.44. The number of halogens is 3. The molecule has 29 heavy (non-hydrogen) atoms. The zero-order valence-electron chi connectivity index (χ0n) is 15.3. The van der Waals surface area contributed by atoms with Crippen molar-refractivity contribution in [3.8, 4) is 17.1 Å². The van der Waals surface area contributed by atoms with Crippen LogP contribution in [0.4, 0.5) is 13.2 Å². The van der Waals surface area contributed by atoms with Crippen LogP contribution in [0.15, 0.2) is 22.7 Å². The van der Waals surface area contributed by atoms with Gasteiger partial charge in [-0.15, -0.1) is 0 Å². The van der Waals surface area contributed by atoms with Crippen LogP contribution >= 0.6 is 0 Å². The van der Waals surface area contributed by atoms with Crippen LogP contribution in [-0.4, -0.2) is 46.0 Å². The van der Waals surface area contributed by atoms with Crippen molar-refractivity contribution in [1.82, 2.24) is 20.4 Å². The molecule has 2 atom stereocenters. The molecule has 1 saturated heterocycles. The number of aromatic nitrogens is 2. The third kappa shape index (κ3) is 3.64. The van der Waals surface area contributed by atoms with Gasteiger partial charge in [-0.2, -0.15) is 18.2 Å². The van der Waals surface area contributed by atoms with Crippen molar-refractivity contribution in [2.24, 2.45) is 5.92 Å². The molecule has 1 N–H and O–H groups in total. The zero-order chi connectivity index (χ0) is 20.8. The Morgan fingerprint density at radius 3 is 2.79 bits per heavy atom. The zero-order valence-corrected chi connectivity index (χ0v) is 15.3. The summed E-state index contributed by atoms with van der Waals surface area (Å²) in [6.07, 6.45) is -4.27. The van der Waals surface area contributed by atoms with Gasteiger partial charge in [0, 0.05) is 24.2 Å². The van der Waals surface area contributed by atoms with E-state index in [0.717, 1.165) is 0 Å². The van der Waals surface area contributed by atoms with Crippen LogP contribution in [0.25, 0.3) is 11.4 Å². The largest absolute Gasteiger partial charge is 0.491 e. The Hall–Kier alpha value is -3.11. The average molecular weight is 410 g/mol. The van der Waals surface area contributed by atoms with Crippen LogP contribution < -0.4 is 10.1 Å². The number of ether oxygens (including phenoxy) is 1. The molecule has 8 nitrogen and oxygen atoms in total. The minimum atomic E-state index is -4.73. The molecule has 2 amide bonds. The fourth-order valence-corrected chi connectivity index (χ4v) is 3.38. The van der Waals surface area contributed by atoms with E-state index in [1.807, 2.05) is 6.92 Å². The normalized spacial score (nSPS) is 21.9. The number of benzene rings is 1. The maximum atomic E-state index is 12.8. The molecule has 2 aliphatic heterocycles. The second kappa shape index (κ2) is 7.05. The van der Waals surface area contributed by atoms with Gasteiger partial charge in [0.2, 0.25) is 17.6 Å². The second-order valence-electron chi connectivity index (χ2n) is 7.00. The maximum Gasteiger partial charge on any atom is 0.471 e. The van der Waals surface area contributed by atoms with Crippen LogP contribution in [0.2, 0.25) is 0 Å². The Morgan fingerprint density at radius 1 is 1.34 bits per heavy atom. The first-order chi connectivity index (χ1) is 13.7. The number of hydrogen-bond acceptors (Lipinski definition) is 6. The first-order valence-electron chi connectivity index (χ1n) is 8.99. The predicted octanol–water partition coefficient (Wildman–Crippen LogP) is 2.00. The summed E-state index contributed by atoms with van der Waals surface area (Å²) in [6, 6.07) is 4.41. The smallest absolute Gasteiger partial charge is 0.471 e. The fraction of sp³-hybridized carbons (Fsp3) is 0.444. The van der Waals surface area contributed by atoms with E-state index in [0.29, 0.717) is 29.8 Å². The van der Waals surface area contributed by atoms with Crippen LogP contribution in [0.1, 0.15) is 24.8 Å². The highest BCUT2D eigenvalue weighted by molar-refractivity contribution is 6.01. The Labute approximate surface area is 163 Å². The summed E-state index contributed by atoms with van der Waals surface area (Å²) < 4.78 is 48.1. The molecule has 0 unspecified atom stereocenters. The third-order valence-corrected chi connectivity index (χ3v) is 4.98. The van der Waals surface area contributed by atoms with E-state index in [-0.39, 0.29) is 36.8 Å². The number of amides is 2. The van der Waals surface area contributed by atoms with Crippen LogP contribution in [0.5, 0.6) is 5.75 Å². The Kier molecular flexibility index (Phi) is 4.67. The second-order valence-corrected chi connectivity index (χ2v) is 7.00. The van der Waals surface area contributed by atoms with Gasteiger partial charge in [-0.3, -0.25) is 9.59 Å². The minimum Gasteiger partial charge on any atom is -0.491 e. The predicted molar refractivity (Wildman–Crippen MR) is 91.4 cm³/mol. The van der Waals surface area contributed by atoms with Crippen LogP contribution in [0.3, 0.4) is 0 Å². The molecule has 1 fully saturated rings. The van der Waals surface area contributed by atoms with Crippen molar-refractivity contribution in [3.63, 3.8) is 0 Å². The lowest BCUT2D eigenvalue weighted by molar-refractivity contribution is -0.159. The summed E-state index contributed by atoms with van der Waals surface area (Å²) in [6.45, 7) is 2.68. The van der Waals surface area contributed by atoms with E-state index in [4.69, 9.17) is 4.74 Å². The average Bonchev–Trinajstić information content (AvgIpc) is 3.29. The van der Waals surface area contributed by atoms with E-state index in [9.17, 15) is 22.8 Å². The molecule has 2 aliphatic rings. The number of carbonyl (C=O) groups excluding carboxylic acids is 2. The van der Waals surface area contributed by atoms with Crippen molar-refractivity contribution in [1.29, 1.82) is 0 Å². The molecular weight excluding hydrogens is 393 g/mol. The maximum absolute atomic E-state index is 12.8. The number of nitrogens with zero attached hydrogens (tertiary/aromatic N) is 3. The monoisotopic (exact) mass is 410 g/mol. The van der Waals surface area contributed by atoms with Gasteiger partial charge in [-0.25, -0.2) is 0 Å². The summed E-state index contributed by atoms with van der Waals surface area (Å²) in [5.74, 6) is -2.47. The number of nitrogens with one attached hydrogen (secondary N) is 1. The van der Waals surface area contributed by atoms with Gasteiger partial charge >= 0.3 is 12.1 Å². The highest BCUT2D eigenvalue weighted by Crippen LogP contribution is 2.33. The van der Waals surface area contributed by atoms with Crippen LogP contribution in [0, 0.1) is 5.92 Å². The topological polar surface area (TPSA) is 97.6 Å². The first kappa shape index (κ1) is 19.2. The highest BCUT2D eigenvalue weighted by Gasteiger charge is 2.39. The molecule has 11 heteroatoms. The number of carbonyl (C=O) groups is 2. The van der Waals surface area contributed by atoms with Crippen molar-refractivity contribution >= 4 is 11.8 Å². The standard InChI is InChI=1S/C18H17F3N4O4/c1-9-8-28-13-6-10(14-23-17(29-24-14)18(19,20)21)2-3-11(13)7-25(9)16(27)12-4-5-22-15(12)26/h2-3,6,9,12H,4-5,7-8H2,1H3,(H,22,26)/t9-,12-/m0/s1. The van der Waals surface area contributed by atoms with Gasteiger partial charge < -0.3 is 19.5 Å². The molecule has 3 heterocycles. The molecule has 0 bridgehead atoms. The fourth-order valence-electron chi connectivity index (χ4n) is 3.38.